The predicted octanol–water partition coefficient (Wildman–Crippen LogP) is 5.70. The van der Waals surface area contributed by atoms with Crippen molar-refractivity contribution < 1.29 is 12.8 Å². The fourth-order valence-electron chi connectivity index (χ4n) is 4.11. The second-order valence-corrected chi connectivity index (χ2v) is 13.3. The minimum absolute atomic E-state index is 0.0216. The van der Waals surface area contributed by atoms with Gasteiger partial charge in [0.15, 0.2) is 9.84 Å². The predicted molar refractivity (Wildman–Crippen MR) is 164 cm³/mol. The van der Waals surface area contributed by atoms with Crippen LogP contribution in [-0.4, -0.2) is 43.3 Å². The summed E-state index contributed by atoms with van der Waals surface area (Å²) in [5, 5.41) is 19.0. The number of allylic oxidation sites excluding steroid dienone is 3. The Labute approximate surface area is 242 Å². The number of hydrogen-bond acceptors (Lipinski definition) is 9. The first-order valence-electron chi connectivity index (χ1n) is 13.5. The Morgan fingerprint density at radius 1 is 1.32 bits per heavy atom. The number of nitriles is 1. The molecule has 0 amide bonds. The van der Waals surface area contributed by atoms with Crippen LogP contribution in [0.15, 0.2) is 71.3 Å². The zero-order valence-corrected chi connectivity index (χ0v) is 25.6. The summed E-state index contributed by atoms with van der Waals surface area (Å²) in [6.45, 7) is 16.6. The molecule has 0 spiro atoms. The van der Waals surface area contributed by atoms with E-state index < -0.39 is 21.7 Å². The lowest BCUT2D eigenvalue weighted by atomic mass is 9.96. The average Bonchev–Trinajstić information content (AvgIpc) is 3.41. The van der Waals surface area contributed by atoms with E-state index >= 15 is 0 Å². The summed E-state index contributed by atoms with van der Waals surface area (Å²) in [6, 6.07) is 5.07. The van der Waals surface area contributed by atoms with Crippen molar-refractivity contribution in [1.29, 1.82) is 5.26 Å². The highest BCUT2D eigenvalue weighted by Gasteiger charge is 2.26. The van der Waals surface area contributed by atoms with E-state index in [2.05, 4.69) is 73.8 Å². The van der Waals surface area contributed by atoms with E-state index in [9.17, 15) is 18.1 Å². The fourth-order valence-corrected chi connectivity index (χ4v) is 4.96. The van der Waals surface area contributed by atoms with E-state index in [1.165, 1.54) is 24.4 Å². The molecule has 2 aromatic rings. The average molecular weight is 582 g/mol. The van der Waals surface area contributed by atoms with Crippen LogP contribution in [0.2, 0.25) is 0 Å². The minimum Gasteiger partial charge on any atom is -0.383 e. The summed E-state index contributed by atoms with van der Waals surface area (Å²) in [6.07, 6.45) is 9.56. The summed E-state index contributed by atoms with van der Waals surface area (Å²) in [4.78, 5) is 4.39. The largest absolute Gasteiger partial charge is 0.383 e. The summed E-state index contributed by atoms with van der Waals surface area (Å²) >= 11 is 0. The van der Waals surface area contributed by atoms with Crippen LogP contribution in [0.1, 0.15) is 53.5 Å². The zero-order valence-electron chi connectivity index (χ0n) is 24.8. The number of rotatable bonds is 11. The Balaban J connectivity index is 2.20. The van der Waals surface area contributed by atoms with E-state index in [0.717, 1.165) is 12.7 Å². The summed E-state index contributed by atoms with van der Waals surface area (Å²) < 4.78 is 39.9. The lowest BCUT2D eigenvalue weighted by molar-refractivity contribution is 0.203. The van der Waals surface area contributed by atoms with Crippen molar-refractivity contribution in [3.8, 4) is 6.07 Å². The number of fused-ring (bicyclic) bond motifs is 1. The highest BCUT2D eigenvalue weighted by molar-refractivity contribution is 7.91. The van der Waals surface area contributed by atoms with E-state index in [4.69, 9.17) is 0 Å². The first-order valence-corrected chi connectivity index (χ1v) is 15.3. The summed E-state index contributed by atoms with van der Waals surface area (Å²) in [7, 11) is -3.71. The highest BCUT2D eigenvalue weighted by atomic mass is 32.2. The monoisotopic (exact) mass is 581 g/mol. The van der Waals surface area contributed by atoms with Crippen LogP contribution in [-0.2, 0) is 9.84 Å². The van der Waals surface area contributed by atoms with Crippen molar-refractivity contribution in [3.63, 3.8) is 0 Å². The number of nitrogens with zero attached hydrogens (tertiary/aromatic N) is 3. The van der Waals surface area contributed by atoms with Gasteiger partial charge in [-0.1, -0.05) is 46.4 Å². The van der Waals surface area contributed by atoms with Crippen molar-refractivity contribution in [2.45, 2.75) is 64.9 Å². The Kier molecular flexibility index (Phi) is 9.84. The van der Waals surface area contributed by atoms with Gasteiger partial charge in [-0.2, -0.15) is 5.26 Å². The Bertz CT molecular complexity index is 1550. The molecule has 4 N–H and O–H groups in total. The molecule has 2 atom stereocenters. The van der Waals surface area contributed by atoms with Crippen LogP contribution < -0.4 is 21.6 Å². The van der Waals surface area contributed by atoms with Gasteiger partial charge in [0.25, 0.3) is 0 Å². The first kappa shape index (κ1) is 31.6. The van der Waals surface area contributed by atoms with E-state index in [-0.39, 0.29) is 21.9 Å². The van der Waals surface area contributed by atoms with Gasteiger partial charge >= 0.3 is 0 Å². The molecule has 0 fully saturated rings. The van der Waals surface area contributed by atoms with Crippen molar-refractivity contribution in [3.05, 3.63) is 72.0 Å². The fraction of sp³-hybridized carbons (Fsp3) is 0.400. The van der Waals surface area contributed by atoms with Gasteiger partial charge in [-0.15, -0.1) is 5.53 Å². The Morgan fingerprint density at radius 3 is 2.61 bits per heavy atom. The highest BCUT2D eigenvalue weighted by Crippen LogP contribution is 2.35. The third kappa shape index (κ3) is 7.86. The van der Waals surface area contributed by atoms with Gasteiger partial charge in [0.05, 0.1) is 33.4 Å². The number of hydrazine groups is 2. The van der Waals surface area contributed by atoms with Gasteiger partial charge in [-0.25, -0.2) is 12.8 Å². The number of benzene rings is 1. The molecule has 1 aliphatic heterocycles. The molecule has 0 radical (unpaired) electrons. The summed E-state index contributed by atoms with van der Waals surface area (Å²) in [5.74, 6) is -0.410. The molecule has 0 saturated heterocycles. The van der Waals surface area contributed by atoms with Gasteiger partial charge in [0, 0.05) is 42.3 Å². The number of sulfone groups is 1. The lowest BCUT2D eigenvalue weighted by Gasteiger charge is -2.24. The molecule has 220 valence electrons. The van der Waals surface area contributed by atoms with Crippen LogP contribution in [0.4, 0.5) is 15.8 Å². The Morgan fingerprint density at radius 2 is 2.02 bits per heavy atom. The zero-order chi connectivity index (χ0) is 30.5. The maximum absolute atomic E-state index is 14.0. The number of pyridine rings is 1. The van der Waals surface area contributed by atoms with Gasteiger partial charge in [-0.3, -0.25) is 9.99 Å². The maximum atomic E-state index is 14.0. The van der Waals surface area contributed by atoms with E-state index in [1.54, 1.807) is 19.1 Å². The number of nitrogens with one attached hydrogen (secondary N) is 4. The number of halogens is 1. The lowest BCUT2D eigenvalue weighted by Crippen LogP contribution is -2.42. The molecule has 0 saturated carbocycles. The van der Waals surface area contributed by atoms with Gasteiger partial charge in [0.2, 0.25) is 0 Å². The van der Waals surface area contributed by atoms with E-state index in [0.29, 0.717) is 40.1 Å². The standard InChI is InChI=1S/C30H40FN7O2S/c1-9-20(4)38-17-25(36-37-38)27(19(3)11-12-22(31)10-2)35-23-13-24-28(34-18-30(5,6)7)21(15-32)16-33-29(24)26(14-23)41(8,39)40/h10-14,16-17,20,27,35-37H,3,9,18H2,1-2,4-8H3,(H,33,34)/b12-11-,22-10+/t20?,27-/m0/s1. The molecule has 2 heterocycles. The second kappa shape index (κ2) is 12.7. The molecule has 0 bridgehead atoms. The van der Waals surface area contributed by atoms with Crippen LogP contribution >= 0.6 is 0 Å². The smallest absolute Gasteiger partial charge is 0.177 e. The van der Waals surface area contributed by atoms with Crippen LogP contribution in [0, 0.1) is 16.7 Å². The van der Waals surface area contributed by atoms with Crippen molar-refractivity contribution in [2.75, 3.05) is 23.4 Å². The third-order valence-electron chi connectivity index (χ3n) is 6.65. The van der Waals surface area contributed by atoms with Crippen molar-refractivity contribution in [1.82, 2.24) is 21.0 Å². The van der Waals surface area contributed by atoms with Gasteiger partial charge < -0.3 is 16.1 Å². The van der Waals surface area contributed by atoms with Crippen LogP contribution in [0.25, 0.3) is 10.9 Å². The number of anilines is 2. The van der Waals surface area contributed by atoms with Crippen LogP contribution in [0.3, 0.4) is 0 Å². The quantitative estimate of drug-likeness (QED) is 0.248. The first-order chi connectivity index (χ1) is 19.2. The molecule has 9 nitrogen and oxygen atoms in total. The maximum Gasteiger partial charge on any atom is 0.177 e. The second-order valence-electron chi connectivity index (χ2n) is 11.4. The topological polar surface area (TPSA) is 122 Å². The molecule has 0 aliphatic carbocycles. The molecule has 41 heavy (non-hydrogen) atoms. The number of aromatic nitrogens is 1. The third-order valence-corrected chi connectivity index (χ3v) is 7.76. The minimum atomic E-state index is -3.71. The van der Waals surface area contributed by atoms with Crippen molar-refractivity contribution >= 4 is 32.1 Å². The molecule has 1 aliphatic rings. The molecule has 1 unspecified atom stereocenters. The van der Waals surface area contributed by atoms with Crippen molar-refractivity contribution in [2.24, 2.45) is 5.41 Å². The Hall–Kier alpha value is -3.88. The molecule has 1 aromatic carbocycles. The molecular weight excluding hydrogens is 541 g/mol. The number of hydrogen-bond donors (Lipinski definition) is 4. The van der Waals surface area contributed by atoms with Gasteiger partial charge in [-0.05, 0) is 49.5 Å². The molecule has 11 heteroatoms. The molecular formula is C30H40FN7O2S. The SMILES string of the molecule is C=C(/C=C\C(F)=C/C)[C@H](Nc1cc(S(C)(=O)=O)c2ncc(C#N)c(NCC(C)(C)C)c2c1)C1=CN(C(C)CC)NN1. The summed E-state index contributed by atoms with van der Waals surface area (Å²) in [5.41, 5.74) is 8.95. The van der Waals surface area contributed by atoms with E-state index in [1.807, 2.05) is 11.2 Å². The van der Waals surface area contributed by atoms with Crippen LogP contribution in [0.5, 0.6) is 0 Å². The normalized spacial score (nSPS) is 15.8. The molecule has 1 aromatic heterocycles. The molecule has 3 rings (SSSR count). The van der Waals surface area contributed by atoms with Gasteiger partial charge in [0.1, 0.15) is 11.9 Å².